The molecule has 0 spiro atoms. The number of rotatable bonds is 4. The van der Waals surface area contributed by atoms with Crippen LogP contribution in [0.4, 0.5) is 0 Å². The van der Waals surface area contributed by atoms with E-state index in [0.717, 1.165) is 10.4 Å². The lowest BCUT2D eigenvalue weighted by atomic mass is 9.87. The Morgan fingerprint density at radius 1 is 1.29 bits per heavy atom. The van der Waals surface area contributed by atoms with Gasteiger partial charge in [-0.05, 0) is 35.9 Å². The SMILES string of the molecule is Cc1ccccc1CNC(=O)C1CCC(=O)N(C)C1c1cccs1. The third kappa shape index (κ3) is 3.36. The molecule has 2 amide bonds. The number of benzene rings is 1. The van der Waals surface area contributed by atoms with Gasteiger partial charge in [-0.25, -0.2) is 0 Å². The molecule has 3 rings (SSSR count). The Kier molecular flexibility index (Phi) is 5.00. The van der Waals surface area contributed by atoms with E-state index in [0.29, 0.717) is 19.4 Å². The highest BCUT2D eigenvalue weighted by atomic mass is 32.1. The smallest absolute Gasteiger partial charge is 0.225 e. The fraction of sp³-hybridized carbons (Fsp3) is 0.368. The molecule has 2 atom stereocenters. The summed E-state index contributed by atoms with van der Waals surface area (Å²) in [5.41, 5.74) is 2.29. The summed E-state index contributed by atoms with van der Waals surface area (Å²) in [5, 5.41) is 5.06. The number of carbonyl (C=O) groups excluding carboxylic acids is 2. The Morgan fingerprint density at radius 3 is 2.79 bits per heavy atom. The molecule has 0 saturated carbocycles. The minimum absolute atomic E-state index is 0.0241. The second-order valence-corrected chi connectivity index (χ2v) is 7.23. The van der Waals surface area contributed by atoms with E-state index in [4.69, 9.17) is 0 Å². The Balaban J connectivity index is 1.74. The first kappa shape index (κ1) is 16.7. The molecule has 2 unspecified atom stereocenters. The number of nitrogens with zero attached hydrogens (tertiary/aromatic N) is 1. The van der Waals surface area contributed by atoms with Gasteiger partial charge in [0.1, 0.15) is 0 Å². The number of hydrogen-bond acceptors (Lipinski definition) is 3. The average Bonchev–Trinajstić information content (AvgIpc) is 3.10. The third-order valence-electron chi connectivity index (χ3n) is 4.75. The summed E-state index contributed by atoms with van der Waals surface area (Å²) >= 11 is 1.60. The van der Waals surface area contributed by atoms with Gasteiger partial charge in [-0.2, -0.15) is 0 Å². The molecule has 126 valence electrons. The predicted octanol–water partition coefficient (Wildman–Crippen LogP) is 3.28. The van der Waals surface area contributed by atoms with Crippen LogP contribution in [-0.2, 0) is 16.1 Å². The lowest BCUT2D eigenvalue weighted by Gasteiger charge is -2.37. The summed E-state index contributed by atoms with van der Waals surface area (Å²) in [4.78, 5) is 27.7. The van der Waals surface area contributed by atoms with Gasteiger partial charge in [0.05, 0.1) is 12.0 Å². The molecule has 1 fully saturated rings. The summed E-state index contributed by atoms with van der Waals surface area (Å²) in [6, 6.07) is 11.9. The Morgan fingerprint density at radius 2 is 2.08 bits per heavy atom. The van der Waals surface area contributed by atoms with Crippen molar-refractivity contribution in [3.8, 4) is 0 Å². The van der Waals surface area contributed by atoms with Crippen LogP contribution < -0.4 is 5.32 Å². The fourth-order valence-electron chi connectivity index (χ4n) is 3.28. The molecule has 1 aliphatic heterocycles. The third-order valence-corrected chi connectivity index (χ3v) is 5.69. The number of likely N-dealkylation sites (tertiary alicyclic amines) is 1. The topological polar surface area (TPSA) is 49.4 Å². The number of piperidine rings is 1. The number of amides is 2. The highest BCUT2D eigenvalue weighted by molar-refractivity contribution is 7.10. The molecule has 0 radical (unpaired) electrons. The number of aryl methyl sites for hydroxylation is 1. The van der Waals surface area contributed by atoms with Crippen molar-refractivity contribution in [3.05, 3.63) is 57.8 Å². The van der Waals surface area contributed by atoms with Crippen molar-refractivity contribution in [1.29, 1.82) is 0 Å². The maximum Gasteiger partial charge on any atom is 0.225 e. The number of hydrogen-bond donors (Lipinski definition) is 1. The first-order chi connectivity index (χ1) is 11.6. The molecular weight excluding hydrogens is 320 g/mol. The monoisotopic (exact) mass is 342 g/mol. The number of nitrogens with one attached hydrogen (secondary N) is 1. The van der Waals surface area contributed by atoms with Gasteiger partial charge < -0.3 is 10.2 Å². The van der Waals surface area contributed by atoms with Crippen LogP contribution in [0.2, 0.25) is 0 Å². The highest BCUT2D eigenvalue weighted by Gasteiger charge is 2.39. The minimum atomic E-state index is -0.199. The van der Waals surface area contributed by atoms with Gasteiger partial charge >= 0.3 is 0 Å². The van der Waals surface area contributed by atoms with E-state index in [1.54, 1.807) is 23.3 Å². The number of carbonyl (C=O) groups is 2. The van der Waals surface area contributed by atoms with Crippen LogP contribution in [0.3, 0.4) is 0 Å². The van der Waals surface area contributed by atoms with E-state index in [2.05, 4.69) is 5.32 Å². The molecule has 0 bridgehead atoms. The molecule has 5 heteroatoms. The van der Waals surface area contributed by atoms with Gasteiger partial charge in [0.25, 0.3) is 0 Å². The minimum Gasteiger partial charge on any atom is -0.352 e. The van der Waals surface area contributed by atoms with E-state index in [1.807, 2.05) is 48.7 Å². The standard InChI is InChI=1S/C19H22N2O2S/c1-13-6-3-4-7-14(13)12-20-19(23)15-9-10-17(22)21(2)18(15)16-8-5-11-24-16/h3-8,11,15,18H,9-10,12H2,1-2H3,(H,20,23). The van der Waals surface area contributed by atoms with Gasteiger partial charge in [-0.3, -0.25) is 9.59 Å². The van der Waals surface area contributed by atoms with Gasteiger partial charge in [0.15, 0.2) is 0 Å². The Bertz CT molecular complexity index is 727. The first-order valence-corrected chi connectivity index (χ1v) is 9.07. The fourth-order valence-corrected chi connectivity index (χ4v) is 4.22. The molecule has 0 aliphatic carbocycles. The summed E-state index contributed by atoms with van der Waals surface area (Å²) in [6.45, 7) is 2.57. The molecule has 2 heterocycles. The second kappa shape index (κ2) is 7.18. The average molecular weight is 342 g/mol. The van der Waals surface area contributed by atoms with Crippen LogP contribution in [0.15, 0.2) is 41.8 Å². The lowest BCUT2D eigenvalue weighted by Crippen LogP contribution is -2.46. The van der Waals surface area contributed by atoms with Crippen LogP contribution in [0.25, 0.3) is 0 Å². The first-order valence-electron chi connectivity index (χ1n) is 8.19. The van der Waals surface area contributed by atoms with Gasteiger partial charge in [0, 0.05) is 24.9 Å². The molecular formula is C19H22N2O2S. The predicted molar refractivity (Wildman–Crippen MR) is 95.6 cm³/mol. The van der Waals surface area contributed by atoms with E-state index in [9.17, 15) is 9.59 Å². The quantitative estimate of drug-likeness (QED) is 0.927. The van der Waals surface area contributed by atoms with Crippen molar-refractivity contribution in [2.24, 2.45) is 5.92 Å². The van der Waals surface area contributed by atoms with E-state index in [-0.39, 0.29) is 23.8 Å². The molecule has 4 nitrogen and oxygen atoms in total. The van der Waals surface area contributed by atoms with Gasteiger partial charge in [-0.1, -0.05) is 30.3 Å². The molecule has 1 N–H and O–H groups in total. The van der Waals surface area contributed by atoms with Crippen molar-refractivity contribution in [3.63, 3.8) is 0 Å². The lowest BCUT2D eigenvalue weighted by molar-refractivity contribution is -0.141. The van der Waals surface area contributed by atoms with Crippen molar-refractivity contribution < 1.29 is 9.59 Å². The second-order valence-electron chi connectivity index (χ2n) is 6.25. The zero-order valence-electron chi connectivity index (χ0n) is 14.0. The maximum atomic E-state index is 12.8. The van der Waals surface area contributed by atoms with Gasteiger partial charge in [-0.15, -0.1) is 11.3 Å². The summed E-state index contributed by atoms with van der Waals surface area (Å²) in [5.74, 6) is -0.0669. The summed E-state index contributed by atoms with van der Waals surface area (Å²) in [7, 11) is 1.80. The molecule has 1 saturated heterocycles. The molecule has 1 aromatic heterocycles. The molecule has 2 aromatic rings. The maximum absolute atomic E-state index is 12.8. The Labute approximate surface area is 146 Å². The Hall–Kier alpha value is -2.14. The van der Waals surface area contributed by atoms with Crippen molar-refractivity contribution in [2.45, 2.75) is 32.4 Å². The normalized spacial score (nSPS) is 20.9. The van der Waals surface area contributed by atoms with Crippen LogP contribution >= 0.6 is 11.3 Å². The van der Waals surface area contributed by atoms with Crippen molar-refractivity contribution in [2.75, 3.05) is 7.05 Å². The van der Waals surface area contributed by atoms with Crippen LogP contribution in [0, 0.1) is 12.8 Å². The largest absolute Gasteiger partial charge is 0.352 e. The van der Waals surface area contributed by atoms with Crippen LogP contribution in [0.1, 0.15) is 34.9 Å². The zero-order valence-corrected chi connectivity index (χ0v) is 14.8. The van der Waals surface area contributed by atoms with E-state index >= 15 is 0 Å². The van der Waals surface area contributed by atoms with Crippen LogP contribution in [0.5, 0.6) is 0 Å². The molecule has 24 heavy (non-hydrogen) atoms. The highest BCUT2D eigenvalue weighted by Crippen LogP contribution is 2.37. The van der Waals surface area contributed by atoms with E-state index in [1.165, 1.54) is 5.56 Å². The number of thiophene rings is 1. The van der Waals surface area contributed by atoms with Crippen molar-refractivity contribution >= 4 is 23.2 Å². The van der Waals surface area contributed by atoms with Crippen LogP contribution in [-0.4, -0.2) is 23.8 Å². The summed E-state index contributed by atoms with van der Waals surface area (Å²) in [6.07, 6.45) is 1.03. The van der Waals surface area contributed by atoms with Crippen molar-refractivity contribution in [1.82, 2.24) is 10.2 Å². The zero-order chi connectivity index (χ0) is 17.1. The van der Waals surface area contributed by atoms with E-state index < -0.39 is 0 Å². The van der Waals surface area contributed by atoms with Gasteiger partial charge in [0.2, 0.25) is 11.8 Å². The molecule has 1 aliphatic rings. The summed E-state index contributed by atoms with van der Waals surface area (Å²) < 4.78 is 0. The molecule has 1 aromatic carbocycles.